The van der Waals surface area contributed by atoms with E-state index in [2.05, 4.69) is 40.7 Å². The summed E-state index contributed by atoms with van der Waals surface area (Å²) in [5.41, 5.74) is 3.36. The number of aromatic nitrogens is 2. The molecule has 0 saturated heterocycles. The molecule has 0 radical (unpaired) electrons. The average Bonchev–Trinajstić information content (AvgIpc) is 3.21. The number of amides is 1. The van der Waals surface area contributed by atoms with Crippen LogP contribution in [0.15, 0.2) is 55.1 Å². The van der Waals surface area contributed by atoms with Gasteiger partial charge in [0.15, 0.2) is 11.5 Å². The number of rotatable bonds is 15. The summed E-state index contributed by atoms with van der Waals surface area (Å²) >= 11 is 0. The molecule has 0 bridgehead atoms. The Morgan fingerprint density at radius 2 is 1.97 bits per heavy atom. The Morgan fingerprint density at radius 3 is 2.76 bits per heavy atom. The summed E-state index contributed by atoms with van der Waals surface area (Å²) in [6, 6.07) is 14.3. The SMILES string of the molecule is C=CCc1ccc(OCCCn2c(CCCCCNC(=O)CC)nc3ccccc32)c(OC)c1. The van der Waals surface area contributed by atoms with Gasteiger partial charge in [-0.05, 0) is 55.5 Å². The van der Waals surface area contributed by atoms with Gasteiger partial charge in [-0.2, -0.15) is 0 Å². The summed E-state index contributed by atoms with van der Waals surface area (Å²) in [7, 11) is 1.67. The van der Waals surface area contributed by atoms with E-state index < -0.39 is 0 Å². The Kier molecular flexibility index (Phi) is 10.0. The highest BCUT2D eigenvalue weighted by molar-refractivity contribution is 5.76. The number of benzene rings is 2. The highest BCUT2D eigenvalue weighted by atomic mass is 16.5. The monoisotopic (exact) mass is 463 g/mol. The van der Waals surface area contributed by atoms with E-state index in [0.29, 0.717) is 13.0 Å². The van der Waals surface area contributed by atoms with Crippen LogP contribution < -0.4 is 14.8 Å². The van der Waals surface area contributed by atoms with Crippen LogP contribution in [-0.4, -0.2) is 35.7 Å². The van der Waals surface area contributed by atoms with Crippen LogP contribution in [0.5, 0.6) is 11.5 Å². The maximum atomic E-state index is 11.4. The number of aryl methyl sites for hydroxylation is 2. The van der Waals surface area contributed by atoms with Gasteiger partial charge < -0.3 is 19.4 Å². The molecule has 0 aliphatic carbocycles. The van der Waals surface area contributed by atoms with E-state index in [0.717, 1.165) is 80.0 Å². The second kappa shape index (κ2) is 13.4. The topological polar surface area (TPSA) is 65.4 Å². The third-order valence-electron chi connectivity index (χ3n) is 5.85. The van der Waals surface area contributed by atoms with Crippen LogP contribution in [-0.2, 0) is 24.2 Å². The van der Waals surface area contributed by atoms with Gasteiger partial charge in [0.05, 0.1) is 24.8 Å². The molecule has 0 spiro atoms. The van der Waals surface area contributed by atoms with Gasteiger partial charge in [-0.1, -0.05) is 37.6 Å². The second-order valence-corrected chi connectivity index (χ2v) is 8.36. The molecule has 1 amide bonds. The molecule has 3 aromatic rings. The number of hydrogen-bond acceptors (Lipinski definition) is 4. The first-order valence-corrected chi connectivity index (χ1v) is 12.3. The molecule has 0 aliphatic rings. The number of fused-ring (bicyclic) bond motifs is 1. The summed E-state index contributed by atoms with van der Waals surface area (Å²) in [4.78, 5) is 16.2. The van der Waals surface area contributed by atoms with Gasteiger partial charge in [0.2, 0.25) is 5.91 Å². The molecule has 34 heavy (non-hydrogen) atoms. The summed E-state index contributed by atoms with van der Waals surface area (Å²) in [6.07, 6.45) is 8.14. The normalized spacial score (nSPS) is 10.9. The van der Waals surface area contributed by atoms with Crippen LogP contribution in [0.3, 0.4) is 0 Å². The molecular weight excluding hydrogens is 426 g/mol. The Bertz CT molecular complexity index is 1070. The molecular formula is C28H37N3O3. The van der Waals surface area contributed by atoms with E-state index in [1.54, 1.807) is 7.11 Å². The summed E-state index contributed by atoms with van der Waals surface area (Å²) < 4.78 is 13.9. The fourth-order valence-corrected chi connectivity index (χ4v) is 4.03. The minimum atomic E-state index is 0.120. The highest BCUT2D eigenvalue weighted by Gasteiger charge is 2.11. The van der Waals surface area contributed by atoms with Gasteiger partial charge in [0.25, 0.3) is 0 Å². The molecule has 0 atom stereocenters. The number of unbranched alkanes of at least 4 members (excludes halogenated alkanes) is 2. The number of imidazole rings is 1. The van der Waals surface area contributed by atoms with E-state index in [4.69, 9.17) is 14.5 Å². The Morgan fingerprint density at radius 1 is 1.12 bits per heavy atom. The van der Waals surface area contributed by atoms with E-state index >= 15 is 0 Å². The Hall–Kier alpha value is -3.28. The lowest BCUT2D eigenvalue weighted by Crippen LogP contribution is -2.23. The zero-order valence-corrected chi connectivity index (χ0v) is 20.5. The Labute approximate surface area is 203 Å². The van der Waals surface area contributed by atoms with Crippen LogP contribution in [0.4, 0.5) is 0 Å². The zero-order chi connectivity index (χ0) is 24.2. The number of ether oxygens (including phenoxy) is 2. The van der Waals surface area contributed by atoms with Crippen LogP contribution in [0.25, 0.3) is 11.0 Å². The second-order valence-electron chi connectivity index (χ2n) is 8.36. The first-order valence-electron chi connectivity index (χ1n) is 12.3. The molecule has 0 unspecified atom stereocenters. The number of nitrogens with one attached hydrogen (secondary N) is 1. The molecule has 0 aliphatic heterocycles. The Balaban J connectivity index is 1.54. The molecule has 0 saturated carbocycles. The lowest BCUT2D eigenvalue weighted by molar-refractivity contribution is -0.120. The van der Waals surface area contributed by atoms with Crippen molar-refractivity contribution in [2.24, 2.45) is 0 Å². The molecule has 0 fully saturated rings. The molecule has 182 valence electrons. The minimum Gasteiger partial charge on any atom is -0.493 e. The third kappa shape index (κ3) is 7.11. The molecule has 1 N–H and O–H groups in total. The molecule has 2 aromatic carbocycles. The predicted octanol–water partition coefficient (Wildman–Crippen LogP) is 5.48. The lowest BCUT2D eigenvalue weighted by Gasteiger charge is -2.13. The molecule has 3 rings (SSSR count). The number of para-hydroxylation sites is 2. The number of nitrogens with zero attached hydrogens (tertiary/aromatic N) is 2. The summed E-state index contributed by atoms with van der Waals surface area (Å²) in [6.45, 7) is 7.86. The van der Waals surface area contributed by atoms with Gasteiger partial charge >= 0.3 is 0 Å². The average molecular weight is 464 g/mol. The first-order chi connectivity index (χ1) is 16.7. The van der Waals surface area contributed by atoms with Crippen LogP contribution >= 0.6 is 0 Å². The summed E-state index contributed by atoms with van der Waals surface area (Å²) in [5.74, 6) is 2.75. The summed E-state index contributed by atoms with van der Waals surface area (Å²) in [5, 5.41) is 2.94. The smallest absolute Gasteiger partial charge is 0.219 e. The van der Waals surface area contributed by atoms with Crippen molar-refractivity contribution in [1.29, 1.82) is 0 Å². The van der Waals surface area contributed by atoms with Crippen LogP contribution in [0.1, 0.15) is 50.4 Å². The van der Waals surface area contributed by atoms with E-state index in [1.165, 1.54) is 5.52 Å². The predicted molar refractivity (Wildman–Crippen MR) is 138 cm³/mol. The van der Waals surface area contributed by atoms with Crippen molar-refractivity contribution in [3.8, 4) is 11.5 Å². The molecule has 1 heterocycles. The molecule has 6 heteroatoms. The third-order valence-corrected chi connectivity index (χ3v) is 5.85. The number of hydrogen-bond donors (Lipinski definition) is 1. The number of carbonyl (C=O) groups excluding carboxylic acids is 1. The standard InChI is InChI=1S/C28H37N3O3/c1-4-12-22-16-17-25(26(21-22)33-3)34-20-11-19-31-24-14-9-8-13-23(24)30-27(31)15-7-6-10-18-29-28(32)5-2/h4,8-9,13-14,16-17,21H,1,5-7,10-12,15,18-20H2,2-3H3,(H,29,32). The quantitative estimate of drug-likeness (QED) is 0.239. The minimum absolute atomic E-state index is 0.120. The van der Waals surface area contributed by atoms with Crippen molar-refractivity contribution in [2.75, 3.05) is 20.3 Å². The maximum Gasteiger partial charge on any atom is 0.219 e. The number of carbonyl (C=O) groups is 1. The van der Waals surface area contributed by atoms with E-state index in [-0.39, 0.29) is 5.91 Å². The molecule has 6 nitrogen and oxygen atoms in total. The van der Waals surface area contributed by atoms with Gasteiger partial charge in [-0.25, -0.2) is 4.98 Å². The first kappa shape index (κ1) is 25.3. The van der Waals surface area contributed by atoms with Crippen molar-refractivity contribution in [3.63, 3.8) is 0 Å². The van der Waals surface area contributed by atoms with Crippen LogP contribution in [0, 0.1) is 0 Å². The van der Waals surface area contributed by atoms with E-state index in [9.17, 15) is 4.79 Å². The van der Waals surface area contributed by atoms with Crippen molar-refractivity contribution >= 4 is 16.9 Å². The highest BCUT2D eigenvalue weighted by Crippen LogP contribution is 2.28. The van der Waals surface area contributed by atoms with Crippen molar-refractivity contribution in [1.82, 2.24) is 14.9 Å². The van der Waals surface area contributed by atoms with Gasteiger partial charge in [0.1, 0.15) is 5.82 Å². The maximum absolute atomic E-state index is 11.4. The van der Waals surface area contributed by atoms with Crippen molar-refractivity contribution < 1.29 is 14.3 Å². The number of methoxy groups -OCH3 is 1. The number of allylic oxidation sites excluding steroid dienone is 1. The van der Waals surface area contributed by atoms with Crippen molar-refractivity contribution in [2.45, 2.75) is 58.4 Å². The van der Waals surface area contributed by atoms with Gasteiger partial charge in [0, 0.05) is 25.9 Å². The van der Waals surface area contributed by atoms with Gasteiger partial charge in [-0.15, -0.1) is 6.58 Å². The van der Waals surface area contributed by atoms with Gasteiger partial charge in [-0.3, -0.25) is 4.79 Å². The van der Waals surface area contributed by atoms with Crippen molar-refractivity contribution in [3.05, 3.63) is 66.5 Å². The molecule has 1 aromatic heterocycles. The lowest BCUT2D eigenvalue weighted by atomic mass is 10.1. The zero-order valence-electron chi connectivity index (χ0n) is 20.5. The fraction of sp³-hybridized carbons (Fsp3) is 0.429. The van der Waals surface area contributed by atoms with Crippen LogP contribution in [0.2, 0.25) is 0 Å². The van der Waals surface area contributed by atoms with E-state index in [1.807, 2.05) is 31.2 Å². The largest absolute Gasteiger partial charge is 0.493 e. The fourth-order valence-electron chi connectivity index (χ4n) is 4.03.